The third kappa shape index (κ3) is 7.97. The van der Waals surface area contributed by atoms with Crippen LogP contribution >= 0.6 is 11.8 Å². The van der Waals surface area contributed by atoms with Gasteiger partial charge in [-0.1, -0.05) is 24.3 Å². The van der Waals surface area contributed by atoms with Gasteiger partial charge in [0, 0.05) is 48.9 Å². The summed E-state index contributed by atoms with van der Waals surface area (Å²) < 4.78 is 13.5. The second kappa shape index (κ2) is 15.2. The minimum Gasteiger partial charge on any atom is -0.496 e. The number of hydrogen-bond acceptors (Lipinski definition) is 6. The van der Waals surface area contributed by atoms with Crippen molar-refractivity contribution in [1.29, 1.82) is 0 Å². The summed E-state index contributed by atoms with van der Waals surface area (Å²) in [6, 6.07) is 15.6. The summed E-state index contributed by atoms with van der Waals surface area (Å²) in [7, 11) is 1.73. The van der Waals surface area contributed by atoms with Crippen LogP contribution in [0.2, 0.25) is 0 Å². The van der Waals surface area contributed by atoms with E-state index in [1.54, 1.807) is 7.11 Å². The predicted molar refractivity (Wildman–Crippen MR) is 196 cm³/mol. The van der Waals surface area contributed by atoms with E-state index >= 15 is 0 Å². The number of aromatic nitrogens is 2. The molecule has 2 aromatic carbocycles. The molecule has 3 saturated carbocycles. The van der Waals surface area contributed by atoms with Gasteiger partial charge < -0.3 is 19.3 Å². The van der Waals surface area contributed by atoms with E-state index in [0.29, 0.717) is 23.8 Å². The second-order valence-corrected chi connectivity index (χ2v) is 15.9. The largest absolute Gasteiger partial charge is 0.496 e. The molecule has 3 aliphatic carbocycles. The van der Waals surface area contributed by atoms with Crippen LogP contribution < -0.4 is 9.64 Å². The van der Waals surface area contributed by atoms with Crippen molar-refractivity contribution >= 4 is 29.4 Å². The van der Waals surface area contributed by atoms with Crippen LogP contribution in [0.4, 0.5) is 10.5 Å². The number of carbonyl (C=O) groups excluding carboxylic acids is 2. The van der Waals surface area contributed by atoms with Gasteiger partial charge in [0.1, 0.15) is 11.9 Å². The molecule has 1 aromatic heterocycles. The Bertz CT molecular complexity index is 1600. The molecule has 0 spiro atoms. The third-order valence-electron chi connectivity index (χ3n) is 11.4. The zero-order valence-electron chi connectivity index (χ0n) is 29.4. The molecule has 0 radical (unpaired) electrons. The number of aryl methyl sites for hydroxylation is 1. The maximum Gasteiger partial charge on any atom is 0.410 e. The molecule has 0 atom stereocenters. The van der Waals surface area contributed by atoms with Crippen molar-refractivity contribution in [1.82, 2.24) is 14.7 Å². The number of amides is 2. The molecule has 8 nitrogen and oxygen atoms in total. The van der Waals surface area contributed by atoms with Gasteiger partial charge in [0.25, 0.3) is 0 Å². The second-order valence-electron chi connectivity index (χ2n) is 15.0. The number of likely N-dealkylation sites (tertiary alicyclic amines) is 1. The summed E-state index contributed by atoms with van der Waals surface area (Å²) in [5.74, 6) is 3.75. The zero-order valence-corrected chi connectivity index (χ0v) is 30.2. The number of hydrogen-bond donors (Lipinski definition) is 0. The van der Waals surface area contributed by atoms with Crippen molar-refractivity contribution in [2.45, 2.75) is 89.2 Å². The maximum atomic E-state index is 14.5. The lowest BCUT2D eigenvalue weighted by Crippen LogP contribution is -2.52. The van der Waals surface area contributed by atoms with Crippen molar-refractivity contribution in [2.75, 3.05) is 43.7 Å². The maximum absolute atomic E-state index is 14.5. The molecular formula is C40H52N4O4S. The summed E-state index contributed by atoms with van der Waals surface area (Å²) in [4.78, 5) is 31.1. The molecule has 4 fully saturated rings. The molecular weight excluding hydrogens is 633 g/mol. The van der Waals surface area contributed by atoms with Gasteiger partial charge in [-0.2, -0.15) is 16.9 Å². The monoisotopic (exact) mass is 684 g/mol. The summed E-state index contributed by atoms with van der Waals surface area (Å²) >= 11 is 1.83. The molecule has 3 aromatic rings. The van der Waals surface area contributed by atoms with E-state index in [1.165, 1.54) is 24.0 Å². The SMILES string of the molecule is COc1ccc([C@H]2CC[C@H](CN(c3cccc(-c4cnn(C5CC5)c4)c3)C(=O)[C@H]3CC[C@H](OC(=O)N4CC(CSC)C4)CC3)CC2)cc1C. The molecule has 0 bridgehead atoms. The Morgan fingerprint density at radius 1 is 0.918 bits per heavy atom. The first kappa shape index (κ1) is 34.0. The topological polar surface area (TPSA) is 76.9 Å². The Balaban J connectivity index is 1.02. The molecule has 262 valence electrons. The molecule has 7 rings (SSSR count). The standard InChI is InChI=1S/C40H52N4O4S/c1-27-19-33(13-18-38(27)47-2)30-9-7-28(8-10-30)24-43(36-6-4-5-32(20-36)34-21-41-44(25-34)35-14-15-35)39(45)31-11-16-37(17-12-31)48-40(46)42-22-29(23-42)26-49-3/h4-6,13,18-21,25,28-31,35,37H,7-12,14-17,22-24,26H2,1-3H3/t28-,30-,31-,37-. The highest BCUT2D eigenvalue weighted by Crippen LogP contribution is 2.40. The summed E-state index contributed by atoms with van der Waals surface area (Å²) in [5.41, 5.74) is 5.75. The first-order valence-corrected chi connectivity index (χ1v) is 19.8. The van der Waals surface area contributed by atoms with Gasteiger partial charge in [0.05, 0.1) is 19.3 Å². The molecule has 1 aliphatic heterocycles. The highest BCUT2D eigenvalue weighted by atomic mass is 32.2. The van der Waals surface area contributed by atoms with Gasteiger partial charge in [0.15, 0.2) is 0 Å². The van der Waals surface area contributed by atoms with Gasteiger partial charge in [-0.3, -0.25) is 9.48 Å². The van der Waals surface area contributed by atoms with E-state index in [2.05, 4.69) is 76.5 Å². The molecule has 9 heteroatoms. The minimum atomic E-state index is -0.184. The summed E-state index contributed by atoms with van der Waals surface area (Å²) in [5, 5.41) is 4.63. The number of benzene rings is 2. The average Bonchev–Trinajstić information content (AvgIpc) is 3.84. The first-order valence-electron chi connectivity index (χ1n) is 18.4. The van der Waals surface area contributed by atoms with Gasteiger partial charge in [-0.05, 0) is 130 Å². The zero-order chi connectivity index (χ0) is 33.9. The Hall–Kier alpha value is -3.46. The molecule has 0 unspecified atom stereocenters. The van der Waals surface area contributed by atoms with Crippen LogP contribution in [0, 0.1) is 24.7 Å². The van der Waals surface area contributed by atoms with E-state index < -0.39 is 0 Å². The van der Waals surface area contributed by atoms with Crippen LogP contribution in [0.5, 0.6) is 5.75 Å². The summed E-state index contributed by atoms with van der Waals surface area (Å²) in [6.07, 6.45) is 15.8. The van der Waals surface area contributed by atoms with Crippen LogP contribution in [-0.4, -0.2) is 71.5 Å². The van der Waals surface area contributed by atoms with Gasteiger partial charge in [-0.15, -0.1) is 0 Å². The number of ether oxygens (including phenoxy) is 2. The van der Waals surface area contributed by atoms with E-state index in [1.807, 2.05) is 22.9 Å². The number of carbonyl (C=O) groups is 2. The van der Waals surface area contributed by atoms with Gasteiger partial charge in [0.2, 0.25) is 5.91 Å². The fourth-order valence-electron chi connectivity index (χ4n) is 8.22. The fourth-order valence-corrected chi connectivity index (χ4v) is 8.90. The Labute approximate surface area is 295 Å². The minimum absolute atomic E-state index is 0.0650. The van der Waals surface area contributed by atoms with Crippen molar-refractivity contribution in [3.8, 4) is 16.9 Å². The highest BCUT2D eigenvalue weighted by Gasteiger charge is 2.36. The molecule has 1 saturated heterocycles. The van der Waals surface area contributed by atoms with Crippen LogP contribution in [0.15, 0.2) is 54.9 Å². The van der Waals surface area contributed by atoms with Crippen molar-refractivity contribution in [2.24, 2.45) is 17.8 Å². The number of methoxy groups -OCH3 is 1. The van der Waals surface area contributed by atoms with E-state index in [9.17, 15) is 9.59 Å². The van der Waals surface area contributed by atoms with Crippen molar-refractivity contribution in [3.63, 3.8) is 0 Å². The average molecular weight is 685 g/mol. The van der Waals surface area contributed by atoms with Crippen molar-refractivity contribution < 1.29 is 19.1 Å². The number of nitrogens with zero attached hydrogens (tertiary/aromatic N) is 4. The third-order valence-corrected chi connectivity index (χ3v) is 12.2. The van der Waals surface area contributed by atoms with Gasteiger partial charge in [-0.25, -0.2) is 4.79 Å². The molecule has 2 heterocycles. The van der Waals surface area contributed by atoms with Crippen LogP contribution in [0.3, 0.4) is 0 Å². The predicted octanol–water partition coefficient (Wildman–Crippen LogP) is 8.50. The number of thioether (sulfide) groups is 1. The molecule has 4 aliphatic rings. The number of rotatable bonds is 11. The van der Waals surface area contributed by atoms with Gasteiger partial charge >= 0.3 is 6.09 Å². The lowest BCUT2D eigenvalue weighted by molar-refractivity contribution is -0.124. The van der Waals surface area contributed by atoms with E-state index in [-0.39, 0.29) is 24.0 Å². The lowest BCUT2D eigenvalue weighted by atomic mass is 9.78. The fraction of sp³-hybridized carbons (Fsp3) is 0.575. The highest BCUT2D eigenvalue weighted by molar-refractivity contribution is 7.98. The summed E-state index contributed by atoms with van der Waals surface area (Å²) in [6.45, 7) is 4.45. The first-order chi connectivity index (χ1) is 23.9. The quantitative estimate of drug-likeness (QED) is 0.202. The van der Waals surface area contributed by atoms with E-state index in [0.717, 1.165) is 99.3 Å². The molecule has 0 N–H and O–H groups in total. The Morgan fingerprint density at radius 2 is 1.69 bits per heavy atom. The molecule has 49 heavy (non-hydrogen) atoms. The van der Waals surface area contributed by atoms with Crippen LogP contribution in [0.25, 0.3) is 11.1 Å². The Morgan fingerprint density at radius 3 is 2.39 bits per heavy atom. The Kier molecular flexibility index (Phi) is 10.5. The lowest BCUT2D eigenvalue weighted by Gasteiger charge is -2.40. The van der Waals surface area contributed by atoms with Crippen molar-refractivity contribution in [3.05, 3.63) is 66.0 Å². The smallest absolute Gasteiger partial charge is 0.410 e. The van der Waals surface area contributed by atoms with E-state index in [4.69, 9.17) is 9.47 Å². The van der Waals surface area contributed by atoms with Crippen LogP contribution in [0.1, 0.15) is 87.3 Å². The normalized spacial score (nSPS) is 24.3. The number of anilines is 1. The van der Waals surface area contributed by atoms with Crippen LogP contribution in [-0.2, 0) is 9.53 Å². The molecule has 2 amide bonds.